The van der Waals surface area contributed by atoms with Gasteiger partial charge >= 0.3 is 0 Å². The van der Waals surface area contributed by atoms with Gasteiger partial charge in [-0.3, -0.25) is 0 Å². The molecule has 0 saturated carbocycles. The van der Waals surface area contributed by atoms with Crippen molar-refractivity contribution in [2.45, 2.75) is 53.0 Å². The fraction of sp³-hybridized carbons (Fsp3) is 0.393. The first kappa shape index (κ1) is 25.5. The fourth-order valence-corrected chi connectivity index (χ4v) is 4.55. The number of nitrogens with one attached hydrogen (secondary N) is 1. The zero-order valence-electron chi connectivity index (χ0n) is 21.6. The van der Waals surface area contributed by atoms with Crippen LogP contribution in [0.3, 0.4) is 0 Å². The molecule has 1 aliphatic rings. The third-order valence-corrected chi connectivity index (χ3v) is 6.55. The fourth-order valence-electron chi connectivity index (χ4n) is 4.55. The lowest BCUT2D eigenvalue weighted by Crippen LogP contribution is -2.21. The molecule has 1 aliphatic heterocycles. The number of halogens is 2. The van der Waals surface area contributed by atoms with Crippen LogP contribution >= 0.6 is 0 Å². The van der Waals surface area contributed by atoms with Crippen LogP contribution in [0.1, 0.15) is 67.1 Å². The summed E-state index contributed by atoms with van der Waals surface area (Å²) < 4.78 is 29.6. The van der Waals surface area contributed by atoms with Gasteiger partial charge in [-0.25, -0.2) is 18.7 Å². The van der Waals surface area contributed by atoms with E-state index in [1.54, 1.807) is 11.6 Å². The third kappa shape index (κ3) is 5.48. The maximum absolute atomic E-state index is 13.9. The first-order valence-electron chi connectivity index (χ1n) is 12.2. The third-order valence-electron chi connectivity index (χ3n) is 6.55. The molecule has 0 radical (unpaired) electrons. The van der Waals surface area contributed by atoms with E-state index in [-0.39, 0.29) is 11.6 Å². The zero-order chi connectivity index (χ0) is 26.2. The van der Waals surface area contributed by atoms with E-state index >= 15 is 0 Å². The molecule has 36 heavy (non-hydrogen) atoms. The Labute approximate surface area is 211 Å². The highest BCUT2D eigenvalue weighted by Gasteiger charge is 2.26. The number of pyridine rings is 1. The molecule has 0 amide bonds. The molecule has 0 bridgehead atoms. The number of alkyl halides is 2. The monoisotopic (exact) mass is 492 g/mol. The van der Waals surface area contributed by atoms with Gasteiger partial charge in [0.2, 0.25) is 0 Å². The van der Waals surface area contributed by atoms with Crippen LogP contribution in [0.2, 0.25) is 0 Å². The van der Waals surface area contributed by atoms with Crippen LogP contribution in [0.15, 0.2) is 49.7 Å². The van der Waals surface area contributed by atoms with Crippen molar-refractivity contribution < 1.29 is 8.78 Å². The molecule has 0 aliphatic carbocycles. The summed E-state index contributed by atoms with van der Waals surface area (Å²) in [6.07, 6.45) is 2.99. The number of likely N-dealkylation sites (tertiary alicyclic amines) is 1. The second kappa shape index (κ2) is 9.84. The molecule has 3 heterocycles. The predicted octanol–water partition coefficient (Wildman–Crippen LogP) is 6.02. The second-order valence-corrected chi connectivity index (χ2v) is 9.94. The molecule has 8 heteroatoms. The molecule has 1 N–H and O–H groups in total. The normalized spacial score (nSPS) is 16.8. The van der Waals surface area contributed by atoms with Gasteiger partial charge in [0.15, 0.2) is 11.6 Å². The number of hydrogen-bond acceptors (Lipinski definition) is 5. The minimum Gasteiger partial charge on any atom is -0.375 e. The van der Waals surface area contributed by atoms with E-state index in [2.05, 4.69) is 45.4 Å². The van der Waals surface area contributed by atoms with E-state index in [0.717, 1.165) is 36.8 Å². The lowest BCUT2D eigenvalue weighted by Gasteiger charge is -2.21. The topological polar surface area (TPSA) is 58.9 Å². The molecule has 2 atom stereocenters. The molecule has 1 fully saturated rings. The molecular formula is C28H34F2N6. The van der Waals surface area contributed by atoms with Crippen molar-refractivity contribution >= 4 is 11.4 Å². The van der Waals surface area contributed by atoms with Gasteiger partial charge in [-0.2, -0.15) is 4.68 Å². The summed E-state index contributed by atoms with van der Waals surface area (Å²) in [5, 5.41) is 7.85. The number of hydrogen-bond donors (Lipinski definition) is 1. The van der Waals surface area contributed by atoms with E-state index in [9.17, 15) is 8.78 Å². The Morgan fingerprint density at radius 1 is 1.17 bits per heavy atom. The molecule has 1 aromatic carbocycles. The maximum atomic E-state index is 13.9. The SMILES string of the molecule is C=C(NC(C)c1nc(C)nn1-c1ccc(C(=C)N2CCC(C)C2)cn1)c1cc(C)cc(C(C)(F)F)c1. The van der Waals surface area contributed by atoms with Crippen molar-refractivity contribution in [1.82, 2.24) is 30.0 Å². The average Bonchev–Trinajstić information content (AvgIpc) is 3.43. The predicted molar refractivity (Wildman–Crippen MR) is 140 cm³/mol. The summed E-state index contributed by atoms with van der Waals surface area (Å²) in [7, 11) is 0. The average molecular weight is 493 g/mol. The van der Waals surface area contributed by atoms with Gasteiger partial charge in [0.25, 0.3) is 5.92 Å². The Bertz CT molecular complexity index is 1270. The van der Waals surface area contributed by atoms with Crippen molar-refractivity contribution in [3.05, 3.63) is 83.6 Å². The van der Waals surface area contributed by atoms with Gasteiger partial charge in [0.1, 0.15) is 5.82 Å². The van der Waals surface area contributed by atoms with Crippen LogP contribution in [0.5, 0.6) is 0 Å². The minimum absolute atomic E-state index is 0.0404. The van der Waals surface area contributed by atoms with Crippen molar-refractivity contribution in [2.75, 3.05) is 13.1 Å². The van der Waals surface area contributed by atoms with Crippen LogP contribution in [-0.2, 0) is 5.92 Å². The van der Waals surface area contributed by atoms with E-state index < -0.39 is 5.92 Å². The van der Waals surface area contributed by atoms with E-state index in [4.69, 9.17) is 0 Å². The quantitative estimate of drug-likeness (QED) is 0.416. The van der Waals surface area contributed by atoms with Crippen LogP contribution < -0.4 is 5.32 Å². The number of aryl methyl sites for hydroxylation is 2. The van der Waals surface area contributed by atoms with E-state index in [0.29, 0.717) is 34.6 Å². The molecule has 6 nitrogen and oxygen atoms in total. The summed E-state index contributed by atoms with van der Waals surface area (Å²) >= 11 is 0. The Kier molecular flexibility index (Phi) is 6.98. The molecule has 3 aromatic rings. The minimum atomic E-state index is -2.93. The van der Waals surface area contributed by atoms with E-state index in [1.165, 1.54) is 18.6 Å². The first-order chi connectivity index (χ1) is 16.9. The summed E-state index contributed by atoms with van der Waals surface area (Å²) in [6, 6.07) is 8.42. The highest BCUT2D eigenvalue weighted by molar-refractivity contribution is 5.64. The molecule has 0 spiro atoms. The van der Waals surface area contributed by atoms with Crippen molar-refractivity contribution in [2.24, 2.45) is 5.92 Å². The highest BCUT2D eigenvalue weighted by atomic mass is 19.3. The standard InChI is InChI=1S/C28H34F2N6/c1-17-10-11-35(16-17)21(5)23-8-9-26(31-15-23)36-27(33-22(6)34-36)20(4)32-19(3)24-12-18(2)13-25(14-24)28(7,29)30/h8-9,12-15,17,20,32H,3,5,10-11,16H2,1-2,4,6-7H3. The van der Waals surface area contributed by atoms with Gasteiger partial charge in [-0.15, -0.1) is 5.10 Å². The van der Waals surface area contributed by atoms with E-state index in [1.807, 2.05) is 38.2 Å². The summed E-state index contributed by atoms with van der Waals surface area (Å²) in [5.74, 6) is -0.369. The molecular weight excluding hydrogens is 458 g/mol. The van der Waals surface area contributed by atoms with Gasteiger partial charge in [0, 0.05) is 48.7 Å². The van der Waals surface area contributed by atoms with Crippen molar-refractivity contribution in [3.8, 4) is 5.82 Å². The summed E-state index contributed by atoms with van der Waals surface area (Å²) in [6.45, 7) is 19.1. The molecule has 1 saturated heterocycles. The number of benzene rings is 1. The molecule has 2 aromatic heterocycles. The van der Waals surface area contributed by atoms with Crippen LogP contribution in [0.25, 0.3) is 17.2 Å². The Balaban J connectivity index is 1.54. The van der Waals surface area contributed by atoms with Crippen LogP contribution in [0, 0.1) is 19.8 Å². The van der Waals surface area contributed by atoms with Crippen LogP contribution in [0.4, 0.5) is 8.78 Å². The molecule has 4 rings (SSSR count). The lowest BCUT2D eigenvalue weighted by atomic mass is 10.0. The summed E-state index contributed by atoms with van der Waals surface area (Å²) in [4.78, 5) is 11.5. The zero-order valence-corrected chi connectivity index (χ0v) is 21.6. The van der Waals surface area contributed by atoms with Gasteiger partial charge in [-0.05, 0) is 68.5 Å². The smallest absolute Gasteiger partial charge is 0.270 e. The summed E-state index contributed by atoms with van der Waals surface area (Å²) in [5.41, 5.74) is 3.81. The Hall–Kier alpha value is -3.55. The largest absolute Gasteiger partial charge is 0.375 e. The number of rotatable bonds is 8. The van der Waals surface area contributed by atoms with Gasteiger partial charge in [0.05, 0.1) is 6.04 Å². The Morgan fingerprint density at radius 2 is 1.92 bits per heavy atom. The first-order valence-corrected chi connectivity index (χ1v) is 12.2. The molecule has 2 unspecified atom stereocenters. The lowest BCUT2D eigenvalue weighted by molar-refractivity contribution is 0.0174. The van der Waals surface area contributed by atoms with Crippen LogP contribution in [-0.4, -0.2) is 37.7 Å². The maximum Gasteiger partial charge on any atom is 0.270 e. The number of aromatic nitrogens is 4. The number of nitrogens with zero attached hydrogens (tertiary/aromatic N) is 5. The highest BCUT2D eigenvalue weighted by Crippen LogP contribution is 2.30. The van der Waals surface area contributed by atoms with Crippen molar-refractivity contribution in [1.29, 1.82) is 0 Å². The van der Waals surface area contributed by atoms with Gasteiger partial charge in [-0.1, -0.05) is 26.1 Å². The Morgan fingerprint density at radius 3 is 2.53 bits per heavy atom. The van der Waals surface area contributed by atoms with Crippen molar-refractivity contribution in [3.63, 3.8) is 0 Å². The molecule has 190 valence electrons. The van der Waals surface area contributed by atoms with Gasteiger partial charge < -0.3 is 10.2 Å². The second-order valence-electron chi connectivity index (χ2n) is 9.94.